The molecule has 6 heteroatoms. The van der Waals surface area contributed by atoms with Crippen LogP contribution in [0.2, 0.25) is 5.02 Å². The molecule has 0 bridgehead atoms. The number of nitrogens with one attached hydrogen (secondary N) is 1. The maximum Gasteiger partial charge on any atom is 0.283 e. The van der Waals surface area contributed by atoms with Gasteiger partial charge in [0, 0.05) is 15.6 Å². The molecule has 0 aliphatic carbocycles. The van der Waals surface area contributed by atoms with Crippen LogP contribution >= 0.6 is 23.4 Å². The summed E-state index contributed by atoms with van der Waals surface area (Å²) in [5.74, 6) is -0.727. The maximum absolute atomic E-state index is 13.4. The number of benzene rings is 3. The molecule has 3 aromatic carbocycles. The monoisotopic (exact) mass is 448 g/mol. The van der Waals surface area contributed by atoms with Gasteiger partial charge in [0.05, 0.1) is 5.69 Å². The average Bonchev–Trinajstić information content (AvgIpc) is 2.95. The first kappa shape index (κ1) is 21.2. The lowest BCUT2D eigenvalue weighted by Crippen LogP contribution is -2.32. The highest BCUT2D eigenvalue weighted by Gasteiger charge is 2.40. The second-order valence-electron chi connectivity index (χ2n) is 7.50. The van der Waals surface area contributed by atoms with Crippen LogP contribution in [0.4, 0.5) is 11.4 Å². The molecule has 0 fully saturated rings. The van der Waals surface area contributed by atoms with Crippen LogP contribution in [0.3, 0.4) is 0 Å². The van der Waals surface area contributed by atoms with Crippen molar-refractivity contribution in [2.45, 2.75) is 25.7 Å². The van der Waals surface area contributed by atoms with E-state index >= 15 is 0 Å². The normalized spacial score (nSPS) is 13.9. The first-order valence-electron chi connectivity index (χ1n) is 9.81. The highest BCUT2D eigenvalue weighted by molar-refractivity contribution is 8.04. The molecule has 3 aromatic rings. The third-order valence-corrected chi connectivity index (χ3v) is 6.41. The molecule has 4 nitrogen and oxygen atoms in total. The lowest BCUT2D eigenvalue weighted by atomic mass is 10.1. The molecular formula is C25H21ClN2O2S. The maximum atomic E-state index is 13.4. The summed E-state index contributed by atoms with van der Waals surface area (Å²) in [5, 5.41) is 3.74. The van der Waals surface area contributed by atoms with Crippen molar-refractivity contribution in [1.29, 1.82) is 0 Å². The summed E-state index contributed by atoms with van der Waals surface area (Å²) in [5.41, 5.74) is 4.38. The molecule has 31 heavy (non-hydrogen) atoms. The van der Waals surface area contributed by atoms with Crippen LogP contribution in [0.1, 0.15) is 16.7 Å². The summed E-state index contributed by atoms with van der Waals surface area (Å²) < 4.78 is 0. The van der Waals surface area contributed by atoms with Crippen LogP contribution in [0.15, 0.2) is 82.2 Å². The minimum absolute atomic E-state index is 0.248. The van der Waals surface area contributed by atoms with Gasteiger partial charge >= 0.3 is 0 Å². The topological polar surface area (TPSA) is 49.4 Å². The summed E-state index contributed by atoms with van der Waals surface area (Å²) in [6.45, 7) is 5.80. The van der Waals surface area contributed by atoms with Crippen molar-refractivity contribution in [3.63, 3.8) is 0 Å². The zero-order valence-electron chi connectivity index (χ0n) is 17.4. The number of aryl methyl sites for hydroxylation is 3. The van der Waals surface area contributed by atoms with Gasteiger partial charge in [0.25, 0.3) is 11.8 Å². The van der Waals surface area contributed by atoms with E-state index < -0.39 is 0 Å². The number of amides is 2. The van der Waals surface area contributed by atoms with Crippen molar-refractivity contribution in [3.8, 4) is 0 Å². The molecule has 1 aliphatic rings. The number of thioether (sulfide) groups is 1. The van der Waals surface area contributed by atoms with Gasteiger partial charge in [-0.15, -0.1) is 0 Å². The Morgan fingerprint density at radius 1 is 0.839 bits per heavy atom. The molecule has 0 saturated carbocycles. The number of anilines is 2. The predicted octanol–water partition coefficient (Wildman–Crippen LogP) is 6.25. The van der Waals surface area contributed by atoms with E-state index in [-0.39, 0.29) is 17.5 Å². The lowest BCUT2D eigenvalue weighted by molar-refractivity contribution is -0.120. The number of hydrogen-bond acceptors (Lipinski definition) is 4. The van der Waals surface area contributed by atoms with Gasteiger partial charge in [0.2, 0.25) is 0 Å². The number of carbonyl (C=O) groups is 2. The highest BCUT2D eigenvalue weighted by atomic mass is 35.5. The Morgan fingerprint density at radius 2 is 1.52 bits per heavy atom. The Balaban J connectivity index is 1.77. The summed E-state index contributed by atoms with van der Waals surface area (Å²) in [4.78, 5) is 29.3. The van der Waals surface area contributed by atoms with Crippen molar-refractivity contribution in [1.82, 2.24) is 0 Å². The summed E-state index contributed by atoms with van der Waals surface area (Å²) in [7, 11) is 0. The molecule has 1 heterocycles. The number of nitrogens with zero attached hydrogens (tertiary/aromatic N) is 1. The number of carbonyl (C=O) groups excluding carboxylic acids is 2. The van der Waals surface area contributed by atoms with Crippen molar-refractivity contribution >= 4 is 46.6 Å². The Morgan fingerprint density at radius 3 is 2.16 bits per heavy atom. The molecule has 4 rings (SSSR count). The number of hydrogen-bond donors (Lipinski definition) is 1. The van der Waals surface area contributed by atoms with E-state index in [2.05, 4.69) is 5.32 Å². The zero-order valence-corrected chi connectivity index (χ0v) is 19.0. The fourth-order valence-electron chi connectivity index (χ4n) is 3.45. The fraction of sp³-hybridized carbons (Fsp3) is 0.120. The minimum atomic E-state index is -0.384. The standard InChI is InChI=1S/C25H21ClN2O2S/c1-15-11-16(2)13-19(12-15)28-24(29)22(27-18-10-9-17(3)21(26)14-18)23(25(28)30)31-20-7-5-4-6-8-20/h4-14,27H,1-3H3. The summed E-state index contributed by atoms with van der Waals surface area (Å²) >= 11 is 7.54. The quantitative estimate of drug-likeness (QED) is 0.468. The zero-order chi connectivity index (χ0) is 22.1. The molecular weight excluding hydrogens is 428 g/mol. The Labute approximate surface area is 190 Å². The smallest absolute Gasteiger partial charge is 0.283 e. The van der Waals surface area contributed by atoms with E-state index in [1.54, 1.807) is 6.07 Å². The second kappa shape index (κ2) is 8.61. The Kier molecular flexibility index (Phi) is 5.90. The van der Waals surface area contributed by atoms with Gasteiger partial charge in [-0.25, -0.2) is 4.90 Å². The summed E-state index contributed by atoms with van der Waals surface area (Å²) in [6, 6.07) is 20.7. The van der Waals surface area contributed by atoms with Gasteiger partial charge < -0.3 is 5.32 Å². The van der Waals surface area contributed by atoms with Crippen LogP contribution in [0.5, 0.6) is 0 Å². The molecule has 156 valence electrons. The van der Waals surface area contributed by atoms with Crippen LogP contribution in [-0.4, -0.2) is 11.8 Å². The van der Waals surface area contributed by atoms with Crippen molar-refractivity contribution in [3.05, 3.63) is 99.0 Å². The van der Waals surface area contributed by atoms with E-state index in [4.69, 9.17) is 11.6 Å². The van der Waals surface area contributed by atoms with Gasteiger partial charge in [-0.2, -0.15) is 0 Å². The van der Waals surface area contributed by atoms with Crippen LogP contribution in [0, 0.1) is 20.8 Å². The first-order valence-corrected chi connectivity index (χ1v) is 11.0. The SMILES string of the molecule is Cc1cc(C)cc(N2C(=O)C(Nc3ccc(C)c(Cl)c3)=C(Sc3ccccc3)C2=O)c1. The van der Waals surface area contributed by atoms with Crippen LogP contribution in [-0.2, 0) is 9.59 Å². The van der Waals surface area contributed by atoms with Crippen molar-refractivity contribution in [2.75, 3.05) is 10.2 Å². The molecule has 2 amide bonds. The molecule has 0 spiro atoms. The van der Waals surface area contributed by atoms with Crippen molar-refractivity contribution in [2.24, 2.45) is 0 Å². The highest BCUT2D eigenvalue weighted by Crippen LogP contribution is 2.38. The van der Waals surface area contributed by atoms with Crippen LogP contribution < -0.4 is 10.2 Å². The van der Waals surface area contributed by atoms with Crippen molar-refractivity contribution < 1.29 is 9.59 Å². The molecule has 0 unspecified atom stereocenters. The first-order chi connectivity index (χ1) is 14.8. The van der Waals surface area contributed by atoms with Gasteiger partial charge in [-0.3, -0.25) is 9.59 Å². The minimum Gasteiger partial charge on any atom is -0.350 e. The van der Waals surface area contributed by atoms with Crippen LogP contribution in [0.25, 0.3) is 0 Å². The lowest BCUT2D eigenvalue weighted by Gasteiger charge is -2.17. The van der Waals surface area contributed by atoms with E-state index in [0.29, 0.717) is 21.3 Å². The molecule has 0 radical (unpaired) electrons. The molecule has 0 aromatic heterocycles. The third-order valence-electron chi connectivity index (χ3n) is 4.91. The third kappa shape index (κ3) is 4.38. The van der Waals surface area contributed by atoms with E-state index in [1.165, 1.54) is 16.7 Å². The fourth-order valence-corrected chi connectivity index (χ4v) is 4.58. The number of imide groups is 1. The second-order valence-corrected chi connectivity index (χ2v) is 8.99. The van der Waals surface area contributed by atoms with E-state index in [1.807, 2.05) is 81.4 Å². The molecule has 0 atom stereocenters. The predicted molar refractivity (Wildman–Crippen MR) is 128 cm³/mol. The molecule has 0 saturated heterocycles. The summed E-state index contributed by atoms with van der Waals surface area (Å²) in [6.07, 6.45) is 0. The molecule has 1 N–H and O–H groups in total. The van der Waals surface area contributed by atoms with Gasteiger partial charge in [-0.05, 0) is 73.9 Å². The number of halogens is 1. The molecule has 1 aliphatic heterocycles. The average molecular weight is 449 g/mol. The Hall–Kier alpha value is -3.02. The van der Waals surface area contributed by atoms with E-state index in [9.17, 15) is 9.59 Å². The largest absolute Gasteiger partial charge is 0.350 e. The van der Waals surface area contributed by atoms with Gasteiger partial charge in [0.15, 0.2) is 0 Å². The number of rotatable bonds is 5. The van der Waals surface area contributed by atoms with Gasteiger partial charge in [-0.1, -0.05) is 53.7 Å². The van der Waals surface area contributed by atoms with E-state index in [0.717, 1.165) is 21.6 Å². The Bertz CT molecular complexity index is 1200. The van der Waals surface area contributed by atoms with Gasteiger partial charge in [0.1, 0.15) is 10.6 Å².